The van der Waals surface area contributed by atoms with Gasteiger partial charge in [-0.2, -0.15) is 0 Å². The van der Waals surface area contributed by atoms with Crippen LogP contribution in [0.15, 0.2) is 84.9 Å². The lowest BCUT2D eigenvalue weighted by Gasteiger charge is -2.14. The number of benzene rings is 4. The molecule has 4 nitrogen and oxygen atoms in total. The molecule has 63 heavy (non-hydrogen) atoms. The molecular weight excluding hydrogens is 782 g/mol. The van der Waals surface area contributed by atoms with E-state index in [0.717, 1.165) is 78.2 Å². The average molecular weight is 838 g/mol. The number of nitrogens with zero attached hydrogens (tertiary/aromatic N) is 2. The van der Waals surface area contributed by atoms with Gasteiger partial charge in [-0.05, 0) is 179 Å². The lowest BCUT2D eigenvalue weighted by atomic mass is 9.92. The highest BCUT2D eigenvalue weighted by Gasteiger charge is 2.23. The fourth-order valence-corrected chi connectivity index (χ4v) is 10.4. The summed E-state index contributed by atoms with van der Waals surface area (Å²) in [6, 6.07) is 31.4. The summed E-state index contributed by atoms with van der Waals surface area (Å²) in [4.78, 5) is 19.1. The number of nitrogens with one attached hydrogen (secondary N) is 2. The highest BCUT2D eigenvalue weighted by molar-refractivity contribution is 6.83. The van der Waals surface area contributed by atoms with Crippen LogP contribution in [-0.2, 0) is 0 Å². The molecule has 5 heteroatoms. The summed E-state index contributed by atoms with van der Waals surface area (Å²) in [5.74, 6) is 3.54. The van der Waals surface area contributed by atoms with Crippen molar-refractivity contribution in [2.75, 3.05) is 0 Å². The van der Waals surface area contributed by atoms with Crippen LogP contribution in [0, 0.1) is 73.8 Å². The van der Waals surface area contributed by atoms with Crippen molar-refractivity contribution in [2.45, 2.75) is 82.0 Å². The Morgan fingerprint density at radius 1 is 0.381 bits per heavy atom. The van der Waals surface area contributed by atoms with Gasteiger partial charge in [-0.1, -0.05) is 90.8 Å². The Balaban J connectivity index is 1.49. The minimum Gasteiger partial charge on any atom is -0.354 e. The number of hydrogen-bond acceptors (Lipinski definition) is 2. The number of rotatable bonds is 4. The number of H-pyrrole nitrogens is 2. The summed E-state index contributed by atoms with van der Waals surface area (Å²) in [5, 5.41) is 0. The smallest absolute Gasteiger partial charge is 0.129 e. The van der Waals surface area contributed by atoms with Gasteiger partial charge in [0.1, 0.15) is 8.07 Å². The van der Waals surface area contributed by atoms with Gasteiger partial charge < -0.3 is 9.97 Å². The SMILES string of the molecule is Cc1ccc(-[13c]2c3nc(c(-c4c(C)cc(C)cc4C)c4ccc([nH]4)c(-c4c(C)cc(C#C[Si](C)(C)C)cc4C)c4ccc([nH]4)c(-c4c(C)cc(C)cc4C)c4nc2C=C4)C=C3)cc1. The number of aromatic amines is 2. The Morgan fingerprint density at radius 2 is 0.730 bits per heavy atom. The monoisotopic (exact) mass is 837 g/mol. The molecule has 0 amide bonds. The van der Waals surface area contributed by atoms with Gasteiger partial charge >= 0.3 is 0 Å². The third-order valence-corrected chi connectivity index (χ3v) is 13.2. The Morgan fingerprint density at radius 3 is 1.13 bits per heavy atom. The van der Waals surface area contributed by atoms with E-state index >= 15 is 0 Å². The molecule has 3 aromatic heterocycles. The highest BCUT2D eigenvalue weighted by Crippen LogP contribution is 2.42. The molecule has 0 fully saturated rings. The van der Waals surface area contributed by atoms with E-state index in [-0.39, 0.29) is 0 Å². The van der Waals surface area contributed by atoms with Gasteiger partial charge in [-0.15, -0.1) is 5.54 Å². The Bertz CT molecular complexity index is 3120. The van der Waals surface area contributed by atoms with Crippen LogP contribution in [0.4, 0.5) is 0 Å². The van der Waals surface area contributed by atoms with Crippen LogP contribution in [-0.4, -0.2) is 28.0 Å². The normalized spacial score (nSPS) is 12.2. The fourth-order valence-electron chi connectivity index (χ4n) is 9.86. The van der Waals surface area contributed by atoms with Gasteiger partial charge in [0.05, 0.1) is 22.8 Å². The molecule has 0 unspecified atom stereocenters. The molecule has 5 heterocycles. The fraction of sp³-hybridized carbons (Fsp3) is 0.207. The minimum absolute atomic E-state index is 0.888. The lowest BCUT2D eigenvalue weighted by molar-refractivity contribution is 1.26. The third-order valence-electron chi connectivity index (χ3n) is 12.3. The van der Waals surface area contributed by atoms with Gasteiger partial charge in [-0.3, -0.25) is 0 Å². The Labute approximate surface area is 374 Å². The van der Waals surface area contributed by atoms with E-state index < -0.39 is 8.07 Å². The summed E-state index contributed by atoms with van der Waals surface area (Å²) < 4.78 is 0. The predicted molar refractivity (Wildman–Crippen MR) is 273 cm³/mol. The van der Waals surface area contributed by atoms with Gasteiger partial charge in [0.25, 0.3) is 0 Å². The first-order valence-electron chi connectivity index (χ1n) is 22.1. The van der Waals surface area contributed by atoms with E-state index in [9.17, 15) is 0 Å². The van der Waals surface area contributed by atoms with Gasteiger partial charge in [0.15, 0.2) is 0 Å². The van der Waals surface area contributed by atoms with Gasteiger partial charge in [0.2, 0.25) is 0 Å². The molecule has 0 aliphatic carbocycles. The topological polar surface area (TPSA) is 57.4 Å². The summed E-state index contributed by atoms with van der Waals surface area (Å²) in [7, 11) is -1.57. The molecule has 4 aromatic carbocycles. The number of aromatic nitrogens is 4. The second kappa shape index (κ2) is 15.9. The van der Waals surface area contributed by atoms with Crippen LogP contribution >= 0.6 is 0 Å². The van der Waals surface area contributed by atoms with Crippen LogP contribution in [0.5, 0.6) is 0 Å². The molecule has 0 spiro atoms. The molecule has 2 aliphatic heterocycles. The van der Waals surface area contributed by atoms with E-state index in [1.54, 1.807) is 0 Å². The van der Waals surface area contributed by atoms with E-state index in [1.165, 1.54) is 66.8 Å². The van der Waals surface area contributed by atoms with Crippen LogP contribution in [0.3, 0.4) is 0 Å². The van der Waals surface area contributed by atoms with Crippen LogP contribution in [0.25, 0.3) is 90.9 Å². The van der Waals surface area contributed by atoms with Crippen molar-refractivity contribution in [2.24, 2.45) is 0 Å². The van der Waals surface area contributed by atoms with E-state index in [1.807, 2.05) is 0 Å². The number of aryl methyl sites for hydroxylation is 9. The van der Waals surface area contributed by atoms with Crippen molar-refractivity contribution in [1.29, 1.82) is 0 Å². The first-order valence-corrected chi connectivity index (χ1v) is 25.6. The number of fused-ring (bicyclic) bond motifs is 8. The number of hydrogen-bond donors (Lipinski definition) is 2. The van der Waals surface area contributed by atoms with Gasteiger partial charge in [-0.25, -0.2) is 9.97 Å². The average Bonchev–Trinajstić information content (AvgIpc) is 4.05. The molecule has 7 aromatic rings. The first-order chi connectivity index (χ1) is 30.0. The summed E-state index contributed by atoms with van der Waals surface area (Å²) >= 11 is 0. The lowest BCUT2D eigenvalue weighted by Crippen LogP contribution is -2.16. The van der Waals surface area contributed by atoms with E-state index in [4.69, 9.17) is 9.97 Å². The molecule has 8 bridgehead atoms. The van der Waals surface area contributed by atoms with Crippen molar-refractivity contribution < 1.29 is 0 Å². The maximum absolute atomic E-state index is 5.56. The second-order valence-corrected chi connectivity index (χ2v) is 23.7. The maximum Gasteiger partial charge on any atom is 0.129 e. The summed E-state index contributed by atoms with van der Waals surface area (Å²) in [6.07, 6.45) is 8.72. The molecule has 2 aliphatic rings. The standard InChI is InChI=1S/C58H56N4Si/c1-33-13-15-43(16-14-33)55-44-17-19-46(59-44)56(52-36(4)27-34(2)28-37(52)5)48-21-23-50(61-48)58(54-40(8)31-42(32-41(54)9)25-26-63(10,11)12)51-24-22-49(62-51)57(47-20-18-45(55)60-47)53-38(6)29-35(3)30-39(53)7/h13-24,27-32,61-62H,1-12H3/i55+1. The molecule has 2 N–H and O–H groups in total. The zero-order valence-corrected chi connectivity index (χ0v) is 39.8. The van der Waals surface area contributed by atoms with E-state index in [2.05, 4.69) is 213 Å². The molecule has 0 saturated heterocycles. The van der Waals surface area contributed by atoms with Crippen molar-refractivity contribution in [1.82, 2.24) is 19.9 Å². The van der Waals surface area contributed by atoms with Crippen molar-refractivity contribution in [3.8, 4) is 56.0 Å². The van der Waals surface area contributed by atoms with Crippen LogP contribution in [0.1, 0.15) is 78.4 Å². The van der Waals surface area contributed by atoms with E-state index in [0.29, 0.717) is 0 Å². The Hall–Kier alpha value is -6.74. The minimum atomic E-state index is -1.57. The highest BCUT2D eigenvalue weighted by atomic mass is 28.3. The molecular formula is C58H56N4Si. The van der Waals surface area contributed by atoms with Crippen LogP contribution in [0.2, 0.25) is 19.6 Å². The largest absolute Gasteiger partial charge is 0.354 e. The quantitative estimate of drug-likeness (QED) is 0.137. The van der Waals surface area contributed by atoms with Crippen molar-refractivity contribution in [3.05, 3.63) is 163 Å². The third kappa shape index (κ3) is 7.85. The van der Waals surface area contributed by atoms with Crippen molar-refractivity contribution in [3.63, 3.8) is 0 Å². The first kappa shape index (κ1) is 41.6. The maximum atomic E-state index is 5.56. The predicted octanol–water partition coefficient (Wildman–Crippen LogP) is 15.3. The molecule has 9 rings (SSSR count). The zero-order chi connectivity index (χ0) is 44.5. The molecule has 0 atom stereocenters. The van der Waals surface area contributed by atoms with Crippen molar-refractivity contribution >= 4 is 54.4 Å². The Kier molecular flexibility index (Phi) is 10.5. The summed E-state index contributed by atoms with van der Waals surface area (Å²) in [6.45, 7) is 26.7. The van der Waals surface area contributed by atoms with Crippen LogP contribution < -0.4 is 0 Å². The van der Waals surface area contributed by atoms with Gasteiger partial charge in [0, 0.05) is 49.9 Å². The second-order valence-electron chi connectivity index (χ2n) is 18.9. The molecule has 0 radical (unpaired) electrons. The zero-order valence-electron chi connectivity index (χ0n) is 38.8. The molecule has 0 saturated carbocycles. The summed E-state index contributed by atoms with van der Waals surface area (Å²) in [5.41, 5.74) is 32.1. The molecule has 312 valence electrons.